The van der Waals surface area contributed by atoms with Gasteiger partial charge in [0.2, 0.25) is 0 Å². The second-order valence-corrected chi connectivity index (χ2v) is 21.2. The molecule has 1 nitrogen and oxygen atoms in total. The van der Waals surface area contributed by atoms with Gasteiger partial charge in [-0.1, -0.05) is 0 Å². The Balaban J connectivity index is 2.20. The van der Waals surface area contributed by atoms with Crippen molar-refractivity contribution < 1.29 is 16.9 Å². The van der Waals surface area contributed by atoms with Crippen LogP contribution in [-0.2, 0) is 16.9 Å². The molecular formula is C24H45NSiTi. The van der Waals surface area contributed by atoms with Crippen molar-refractivity contribution in [1.29, 1.82) is 0 Å². The molecule has 2 aliphatic carbocycles. The van der Waals surface area contributed by atoms with Crippen LogP contribution in [-0.4, -0.2) is 12.2 Å². The van der Waals surface area contributed by atoms with Gasteiger partial charge in [0, 0.05) is 0 Å². The van der Waals surface area contributed by atoms with E-state index in [0.29, 0.717) is 3.72 Å². The summed E-state index contributed by atoms with van der Waals surface area (Å²) in [6, 6.07) is 0.789. The molecule has 1 unspecified atom stereocenters. The summed E-state index contributed by atoms with van der Waals surface area (Å²) >= 11 is -1.44. The van der Waals surface area contributed by atoms with Crippen LogP contribution in [0.2, 0.25) is 15.8 Å². The van der Waals surface area contributed by atoms with Crippen molar-refractivity contribution in [3.63, 3.8) is 0 Å². The van der Waals surface area contributed by atoms with E-state index >= 15 is 0 Å². The quantitative estimate of drug-likeness (QED) is 0.453. The van der Waals surface area contributed by atoms with Crippen LogP contribution in [0.5, 0.6) is 0 Å². The van der Waals surface area contributed by atoms with Crippen LogP contribution < -0.4 is 3.80 Å². The van der Waals surface area contributed by atoms with Gasteiger partial charge >= 0.3 is 177 Å². The summed E-state index contributed by atoms with van der Waals surface area (Å²) in [5.41, 5.74) is 4.08. The van der Waals surface area contributed by atoms with Gasteiger partial charge in [0.25, 0.3) is 0 Å². The molecule has 3 heteroatoms. The van der Waals surface area contributed by atoms with Crippen molar-refractivity contribution in [2.75, 3.05) is 0 Å². The Morgan fingerprint density at radius 3 is 1.85 bits per heavy atom. The molecule has 1 saturated carbocycles. The first-order valence-corrected chi connectivity index (χ1v) is 17.7. The van der Waals surface area contributed by atoms with Gasteiger partial charge in [0.05, 0.1) is 0 Å². The first-order valence-electron chi connectivity index (χ1n) is 11.7. The van der Waals surface area contributed by atoms with Gasteiger partial charge in [-0.15, -0.1) is 0 Å². The summed E-state index contributed by atoms with van der Waals surface area (Å²) in [5, 5.41) is 0. The normalized spacial score (nSPS) is 27.5. The monoisotopic (exact) mass is 423 g/mol. The number of allylic oxidation sites excluding steroid dienone is 4. The van der Waals surface area contributed by atoms with Crippen LogP contribution in [0.1, 0.15) is 105 Å². The summed E-state index contributed by atoms with van der Waals surface area (Å²) < 4.78 is 4.83. The fraction of sp³-hybridized carbons (Fsp3) is 0.833. The Morgan fingerprint density at radius 1 is 0.963 bits per heavy atom. The van der Waals surface area contributed by atoms with Gasteiger partial charge < -0.3 is 0 Å². The minimum atomic E-state index is -1.44. The second-order valence-electron chi connectivity index (χ2n) is 9.66. The Bertz CT molecular complexity index is 563. The molecule has 0 aromatic heterocycles. The molecule has 154 valence electrons. The summed E-state index contributed by atoms with van der Waals surface area (Å²) in [5.74, 6) is 0. The zero-order valence-corrected chi connectivity index (χ0v) is 21.6. The molecule has 0 aromatic carbocycles. The molecule has 1 atom stereocenters. The van der Waals surface area contributed by atoms with Gasteiger partial charge in [0.1, 0.15) is 0 Å². The molecule has 1 fully saturated rings. The van der Waals surface area contributed by atoms with Gasteiger partial charge in [-0.25, -0.2) is 0 Å². The molecule has 1 N–H and O–H groups in total. The van der Waals surface area contributed by atoms with E-state index in [0.717, 1.165) is 11.6 Å². The third-order valence-corrected chi connectivity index (χ3v) is 22.5. The van der Waals surface area contributed by atoms with E-state index in [2.05, 4.69) is 57.1 Å². The fourth-order valence-electron chi connectivity index (χ4n) is 4.70. The molecule has 0 aromatic rings. The van der Waals surface area contributed by atoms with Crippen molar-refractivity contribution in [3.8, 4) is 0 Å². The zero-order chi connectivity index (χ0) is 19.9. The molecule has 27 heavy (non-hydrogen) atoms. The average Bonchev–Trinajstić information content (AvgIpc) is 2.89. The van der Waals surface area contributed by atoms with Crippen LogP contribution in [0.25, 0.3) is 0 Å². The topological polar surface area (TPSA) is 12.0 Å². The van der Waals surface area contributed by atoms with Gasteiger partial charge in [-0.3, -0.25) is 0 Å². The van der Waals surface area contributed by atoms with Crippen molar-refractivity contribution in [2.24, 2.45) is 0 Å². The summed E-state index contributed by atoms with van der Waals surface area (Å²) in [6.45, 7) is 14.9. The van der Waals surface area contributed by atoms with E-state index in [1.54, 1.807) is 5.57 Å². The fourth-order valence-corrected chi connectivity index (χ4v) is 18.7. The number of hydrogen-bond acceptors (Lipinski definition) is 1. The minimum absolute atomic E-state index is 0.320. The maximum atomic E-state index is 4.45. The summed E-state index contributed by atoms with van der Waals surface area (Å²) in [4.78, 5) is 0. The molecule has 2 rings (SSSR count). The van der Waals surface area contributed by atoms with E-state index in [1.165, 1.54) is 76.2 Å². The van der Waals surface area contributed by atoms with Gasteiger partial charge in [-0.05, 0) is 0 Å². The predicted molar refractivity (Wildman–Crippen MR) is 120 cm³/mol. The first kappa shape index (κ1) is 23.6. The van der Waals surface area contributed by atoms with Crippen LogP contribution in [0, 0.1) is 0 Å². The van der Waals surface area contributed by atoms with E-state index in [1.807, 2.05) is 0 Å². The van der Waals surface area contributed by atoms with Crippen molar-refractivity contribution >= 4 is 6.19 Å². The maximum absolute atomic E-state index is 4.45. The second kappa shape index (κ2) is 11.5. The van der Waals surface area contributed by atoms with Crippen LogP contribution >= 0.6 is 0 Å². The van der Waals surface area contributed by atoms with E-state index < -0.39 is 16.9 Å². The molecule has 0 bridgehead atoms. The van der Waals surface area contributed by atoms with E-state index in [4.69, 9.17) is 0 Å². The molecular weight excluding hydrogens is 378 g/mol. The Morgan fingerprint density at radius 2 is 1.44 bits per heavy atom. The van der Waals surface area contributed by atoms with Crippen molar-refractivity contribution in [1.82, 2.24) is 3.80 Å². The van der Waals surface area contributed by atoms with E-state index in [9.17, 15) is 0 Å². The number of hydrogen-bond donors (Lipinski definition) is 1. The molecule has 0 spiro atoms. The molecule has 0 heterocycles. The van der Waals surface area contributed by atoms with E-state index in [-0.39, 0.29) is 6.19 Å². The van der Waals surface area contributed by atoms with Crippen LogP contribution in [0.4, 0.5) is 0 Å². The average molecular weight is 424 g/mol. The molecule has 0 aliphatic heterocycles. The third kappa shape index (κ3) is 6.69. The number of nitrogens with one attached hydrogen (secondary N) is 1. The Kier molecular flexibility index (Phi) is 10.1. The van der Waals surface area contributed by atoms with Crippen LogP contribution in [0.3, 0.4) is 0 Å². The Labute approximate surface area is 176 Å². The van der Waals surface area contributed by atoms with Crippen molar-refractivity contribution in [2.45, 2.75) is 127 Å². The molecule has 2 aliphatic rings. The van der Waals surface area contributed by atoms with Gasteiger partial charge in [0.15, 0.2) is 0 Å². The first-order chi connectivity index (χ1) is 12.9. The molecule has 0 amide bonds. The SMILES string of the molecule is CC1=C(C)[C](C)([Ti]([NH]C2CCCCCCCCCCC2)=[Si](C)C(C)C)C=C1. The van der Waals surface area contributed by atoms with Gasteiger partial charge in [-0.2, -0.15) is 0 Å². The molecule has 0 radical (unpaired) electrons. The van der Waals surface area contributed by atoms with Crippen molar-refractivity contribution in [3.05, 3.63) is 23.3 Å². The number of rotatable bonds is 4. The Hall–Kier alpha value is 0.371. The van der Waals surface area contributed by atoms with Crippen LogP contribution in [0.15, 0.2) is 23.3 Å². The third-order valence-electron chi connectivity index (χ3n) is 7.27. The summed E-state index contributed by atoms with van der Waals surface area (Å²) in [6.07, 6.45) is 20.7. The standard InChI is InChI=1S/C12H24N.C8H11.C4H10Si.Ti/c13-12-10-8-6-4-2-1-3-5-7-9-11-12;1-6-4-5-7(2)8(6)3;1-4(2)5-3;/h12-13H,1-11H2;4-5H,1-3H3;4H,1-3H3;/q-1;;;+1. The summed E-state index contributed by atoms with van der Waals surface area (Å²) in [7, 11) is 0. The molecule has 0 saturated heterocycles. The zero-order valence-electron chi connectivity index (χ0n) is 19.1. The predicted octanol–water partition coefficient (Wildman–Crippen LogP) is 7.90.